The van der Waals surface area contributed by atoms with Gasteiger partial charge in [0.15, 0.2) is 5.82 Å². The predicted molar refractivity (Wildman–Crippen MR) is 110 cm³/mol. The molecule has 0 unspecified atom stereocenters. The van der Waals surface area contributed by atoms with Crippen LogP contribution in [0.3, 0.4) is 0 Å². The number of hydrogen-bond acceptors (Lipinski definition) is 5. The summed E-state index contributed by atoms with van der Waals surface area (Å²) in [5.74, 6) is 6.61. The van der Waals surface area contributed by atoms with Crippen molar-refractivity contribution in [3.05, 3.63) is 59.7 Å². The average Bonchev–Trinajstić information content (AvgIpc) is 3.03. The van der Waals surface area contributed by atoms with Crippen molar-refractivity contribution in [2.24, 2.45) is 0 Å². The van der Waals surface area contributed by atoms with E-state index in [2.05, 4.69) is 22.4 Å². The summed E-state index contributed by atoms with van der Waals surface area (Å²) in [5, 5.41) is 11.4. The second-order valence-electron chi connectivity index (χ2n) is 6.34. The zero-order valence-corrected chi connectivity index (χ0v) is 16.5. The second-order valence-corrected chi connectivity index (χ2v) is 7.65. The van der Waals surface area contributed by atoms with Crippen molar-refractivity contribution in [3.63, 3.8) is 0 Å². The molecule has 140 valence electrons. The van der Waals surface area contributed by atoms with Crippen LogP contribution in [0.25, 0.3) is 11.4 Å². The third kappa shape index (κ3) is 4.49. The minimum absolute atomic E-state index is 0.107. The predicted octanol–water partition coefficient (Wildman–Crippen LogP) is 3.65. The van der Waals surface area contributed by atoms with Crippen LogP contribution in [0.15, 0.2) is 53.7 Å². The van der Waals surface area contributed by atoms with Gasteiger partial charge < -0.3 is 11.2 Å². The summed E-state index contributed by atoms with van der Waals surface area (Å²) in [7, 11) is 0. The molecule has 3 rings (SSSR count). The first kappa shape index (κ1) is 19.0. The van der Waals surface area contributed by atoms with Gasteiger partial charge in [-0.2, -0.15) is 0 Å². The molecule has 0 aliphatic rings. The first-order valence-electron chi connectivity index (χ1n) is 8.82. The lowest BCUT2D eigenvalue weighted by Crippen LogP contribution is -2.23. The number of nitrogen functional groups attached to an aromatic ring is 1. The molecule has 1 atom stereocenters. The van der Waals surface area contributed by atoms with Crippen molar-refractivity contribution in [1.82, 2.24) is 14.9 Å². The smallest absolute Gasteiger partial charge is 0.237 e. The number of carbonyl (C=O) groups is 1. The zero-order chi connectivity index (χ0) is 19.4. The van der Waals surface area contributed by atoms with E-state index in [1.54, 1.807) is 0 Å². The lowest BCUT2D eigenvalue weighted by molar-refractivity contribution is -0.115. The van der Waals surface area contributed by atoms with E-state index in [1.165, 1.54) is 22.0 Å². The minimum Gasteiger partial charge on any atom is -0.335 e. The summed E-state index contributed by atoms with van der Waals surface area (Å²) in [6.07, 6.45) is 0.968. The SMILES string of the molecule is CCc1ccc(NC(=O)[C@@H](C)Sc2nnc(-c3ccc(C)cc3)n2N)cc1. The van der Waals surface area contributed by atoms with Crippen LogP contribution in [0.1, 0.15) is 25.0 Å². The van der Waals surface area contributed by atoms with E-state index < -0.39 is 0 Å². The third-order valence-corrected chi connectivity index (χ3v) is 5.31. The van der Waals surface area contributed by atoms with Crippen LogP contribution >= 0.6 is 11.8 Å². The highest BCUT2D eigenvalue weighted by molar-refractivity contribution is 8.00. The summed E-state index contributed by atoms with van der Waals surface area (Å²) < 4.78 is 1.43. The molecule has 0 radical (unpaired) electrons. The highest BCUT2D eigenvalue weighted by Gasteiger charge is 2.20. The maximum atomic E-state index is 12.5. The average molecular weight is 382 g/mol. The van der Waals surface area contributed by atoms with Gasteiger partial charge in [-0.3, -0.25) is 4.79 Å². The van der Waals surface area contributed by atoms with Gasteiger partial charge in [-0.15, -0.1) is 10.2 Å². The van der Waals surface area contributed by atoms with E-state index in [4.69, 9.17) is 5.84 Å². The van der Waals surface area contributed by atoms with Crippen molar-refractivity contribution in [2.75, 3.05) is 11.2 Å². The number of nitrogens with one attached hydrogen (secondary N) is 1. The van der Waals surface area contributed by atoms with Crippen LogP contribution < -0.4 is 11.2 Å². The van der Waals surface area contributed by atoms with Crippen molar-refractivity contribution in [1.29, 1.82) is 0 Å². The Morgan fingerprint density at radius 1 is 1.15 bits per heavy atom. The van der Waals surface area contributed by atoms with E-state index >= 15 is 0 Å². The van der Waals surface area contributed by atoms with Crippen LogP contribution in [0.4, 0.5) is 5.69 Å². The number of benzene rings is 2. The van der Waals surface area contributed by atoms with E-state index in [9.17, 15) is 4.79 Å². The maximum Gasteiger partial charge on any atom is 0.237 e. The molecule has 0 bridgehead atoms. The summed E-state index contributed by atoms with van der Waals surface area (Å²) in [6.45, 7) is 5.94. The number of carbonyl (C=O) groups excluding carboxylic acids is 1. The van der Waals surface area contributed by atoms with E-state index in [0.717, 1.165) is 23.2 Å². The number of hydrogen-bond donors (Lipinski definition) is 2. The van der Waals surface area contributed by atoms with Crippen LogP contribution in [0, 0.1) is 6.92 Å². The monoisotopic (exact) mass is 381 g/mol. The van der Waals surface area contributed by atoms with Crippen LogP contribution in [-0.4, -0.2) is 26.0 Å². The first-order chi connectivity index (χ1) is 13.0. The molecule has 0 aliphatic heterocycles. The molecule has 0 saturated heterocycles. The van der Waals surface area contributed by atoms with Crippen molar-refractivity contribution < 1.29 is 4.79 Å². The van der Waals surface area contributed by atoms with Gasteiger partial charge in [-0.05, 0) is 38.0 Å². The lowest BCUT2D eigenvalue weighted by atomic mass is 10.1. The van der Waals surface area contributed by atoms with Crippen molar-refractivity contribution in [3.8, 4) is 11.4 Å². The van der Waals surface area contributed by atoms with E-state index in [1.807, 2.05) is 62.4 Å². The van der Waals surface area contributed by atoms with E-state index in [0.29, 0.717) is 11.0 Å². The fourth-order valence-electron chi connectivity index (χ4n) is 2.54. The van der Waals surface area contributed by atoms with Crippen molar-refractivity contribution in [2.45, 2.75) is 37.6 Å². The molecular weight excluding hydrogens is 358 g/mol. The standard InChI is InChI=1S/C20H23N5OS/c1-4-15-7-11-17(12-8-15)22-19(26)14(3)27-20-24-23-18(25(20)21)16-9-5-13(2)6-10-16/h5-12,14H,4,21H2,1-3H3,(H,22,26)/t14-/m1/s1. The summed E-state index contributed by atoms with van der Waals surface area (Å²) in [5.41, 5.74) is 4.05. The summed E-state index contributed by atoms with van der Waals surface area (Å²) in [4.78, 5) is 12.5. The quantitative estimate of drug-likeness (QED) is 0.503. The number of aromatic nitrogens is 3. The van der Waals surface area contributed by atoms with Gasteiger partial charge in [0.2, 0.25) is 11.1 Å². The molecule has 6 nitrogen and oxygen atoms in total. The molecule has 7 heteroatoms. The Kier molecular flexibility index (Phi) is 5.81. The van der Waals surface area contributed by atoms with Gasteiger partial charge in [0.25, 0.3) is 0 Å². The molecule has 0 saturated carbocycles. The molecule has 0 spiro atoms. The number of thioether (sulfide) groups is 1. The highest BCUT2D eigenvalue weighted by Crippen LogP contribution is 2.25. The first-order valence-corrected chi connectivity index (χ1v) is 9.70. The number of amides is 1. The Labute approximate surface area is 163 Å². The molecule has 1 heterocycles. The summed E-state index contributed by atoms with van der Waals surface area (Å²) >= 11 is 1.28. The largest absolute Gasteiger partial charge is 0.335 e. The molecule has 0 fully saturated rings. The zero-order valence-electron chi connectivity index (χ0n) is 15.6. The van der Waals surface area contributed by atoms with Gasteiger partial charge in [0, 0.05) is 11.3 Å². The number of nitrogens with zero attached hydrogens (tertiary/aromatic N) is 3. The highest BCUT2D eigenvalue weighted by atomic mass is 32.2. The minimum atomic E-state index is -0.367. The molecule has 27 heavy (non-hydrogen) atoms. The maximum absolute atomic E-state index is 12.5. The van der Waals surface area contributed by atoms with Gasteiger partial charge in [-0.1, -0.05) is 60.6 Å². The van der Waals surface area contributed by atoms with Gasteiger partial charge in [0.05, 0.1) is 5.25 Å². The molecule has 3 aromatic rings. The number of anilines is 1. The topological polar surface area (TPSA) is 85.8 Å². The van der Waals surface area contributed by atoms with Gasteiger partial charge >= 0.3 is 0 Å². The van der Waals surface area contributed by atoms with Crippen molar-refractivity contribution >= 4 is 23.4 Å². The van der Waals surface area contributed by atoms with Gasteiger partial charge in [0.1, 0.15) is 0 Å². The van der Waals surface area contributed by atoms with Gasteiger partial charge in [-0.25, -0.2) is 4.68 Å². The second kappa shape index (κ2) is 8.26. The molecular formula is C20H23N5OS. The fraction of sp³-hybridized carbons (Fsp3) is 0.250. The third-order valence-electron chi connectivity index (χ3n) is 4.26. The van der Waals surface area contributed by atoms with E-state index in [-0.39, 0.29) is 11.2 Å². The number of nitrogens with two attached hydrogens (primary N) is 1. The molecule has 2 aromatic carbocycles. The Morgan fingerprint density at radius 3 is 2.44 bits per heavy atom. The molecule has 1 amide bonds. The molecule has 0 aliphatic carbocycles. The Balaban J connectivity index is 1.67. The number of aryl methyl sites for hydroxylation is 2. The lowest BCUT2D eigenvalue weighted by Gasteiger charge is -2.12. The molecule has 1 aromatic heterocycles. The number of rotatable bonds is 6. The fourth-order valence-corrected chi connectivity index (χ4v) is 3.31. The van der Waals surface area contributed by atoms with Crippen LogP contribution in [0.5, 0.6) is 0 Å². The van der Waals surface area contributed by atoms with Crippen LogP contribution in [0.2, 0.25) is 0 Å². The van der Waals surface area contributed by atoms with Crippen LogP contribution in [-0.2, 0) is 11.2 Å². The Morgan fingerprint density at radius 2 is 1.81 bits per heavy atom. The summed E-state index contributed by atoms with van der Waals surface area (Å²) in [6, 6.07) is 15.7. The normalized spacial score (nSPS) is 12.0. The Hall–Kier alpha value is -2.80. The molecule has 3 N–H and O–H groups in total. The Bertz CT molecular complexity index is 919.